The molecule has 6 rings (SSSR count). The number of piperazine rings is 1. The Bertz CT molecular complexity index is 1930. The number of alkyl halides is 3. The summed E-state index contributed by atoms with van der Waals surface area (Å²) in [5.41, 5.74) is 8.73. The predicted octanol–water partition coefficient (Wildman–Crippen LogP) is 8.76. The zero-order valence-corrected chi connectivity index (χ0v) is 41.8. The van der Waals surface area contributed by atoms with E-state index in [4.69, 9.17) is 36.7 Å². The van der Waals surface area contributed by atoms with E-state index < -0.39 is 18.8 Å². The molecule has 0 bridgehead atoms. The second kappa shape index (κ2) is 38.2. The first-order valence-electron chi connectivity index (χ1n) is 22.9. The summed E-state index contributed by atoms with van der Waals surface area (Å²) in [7, 11) is 0. The molecule has 4 heterocycles. The zero-order chi connectivity index (χ0) is 52.0. The van der Waals surface area contributed by atoms with Crippen LogP contribution in [0.3, 0.4) is 0 Å². The van der Waals surface area contributed by atoms with Crippen LogP contribution < -0.4 is 15.8 Å². The molecule has 4 aliphatic rings. The highest BCUT2D eigenvalue weighted by atomic mass is 35.5. The van der Waals surface area contributed by atoms with Gasteiger partial charge in [0.2, 0.25) is 12.3 Å². The third-order valence-corrected chi connectivity index (χ3v) is 9.73. The van der Waals surface area contributed by atoms with Crippen LogP contribution in [-0.4, -0.2) is 121 Å². The summed E-state index contributed by atoms with van der Waals surface area (Å²) in [5, 5.41) is 20.6. The monoisotopic (exact) mass is 987 g/mol. The molecule has 1 aromatic carbocycles. The minimum absolute atomic E-state index is 0.00743. The van der Waals surface area contributed by atoms with Crippen LogP contribution in [0, 0.1) is 18.8 Å². The molecular formula is C52H74ClF3N6O7. The van der Waals surface area contributed by atoms with E-state index in [1.807, 2.05) is 82.3 Å². The molecule has 17 heteroatoms. The number of aromatic nitrogens is 1. The third-order valence-electron chi connectivity index (χ3n) is 9.45. The first kappa shape index (κ1) is 63.3. The number of para-hydroxylation sites is 1. The van der Waals surface area contributed by atoms with E-state index in [0.717, 1.165) is 79.1 Å². The van der Waals surface area contributed by atoms with Gasteiger partial charge in [-0.1, -0.05) is 75.4 Å². The molecule has 0 radical (unpaired) electrons. The van der Waals surface area contributed by atoms with Crippen molar-refractivity contribution >= 4 is 36.1 Å². The number of primary amides is 1. The number of carbonyl (C=O) groups is 2. The molecule has 382 valence electrons. The summed E-state index contributed by atoms with van der Waals surface area (Å²) in [5.74, 6) is 2.80. The Labute approximate surface area is 413 Å². The number of rotatable bonds is 14. The molecular weight excluding hydrogens is 913 g/mol. The van der Waals surface area contributed by atoms with Gasteiger partial charge in [0.1, 0.15) is 29.6 Å². The van der Waals surface area contributed by atoms with Gasteiger partial charge < -0.3 is 35.5 Å². The van der Waals surface area contributed by atoms with Crippen LogP contribution in [0.15, 0.2) is 119 Å². The number of nitrogens with zero attached hydrogens (tertiary/aromatic N) is 4. The maximum absolute atomic E-state index is 11.4. The number of aliphatic hydroxyl groups is 2. The van der Waals surface area contributed by atoms with Crippen molar-refractivity contribution in [1.29, 1.82) is 0 Å². The average molecular weight is 988 g/mol. The predicted molar refractivity (Wildman–Crippen MR) is 272 cm³/mol. The number of nitrogens with one attached hydrogen (secondary N) is 1. The molecule has 5 N–H and O–H groups in total. The van der Waals surface area contributed by atoms with Gasteiger partial charge in [-0.3, -0.25) is 29.4 Å². The fourth-order valence-electron chi connectivity index (χ4n) is 6.29. The van der Waals surface area contributed by atoms with Crippen molar-refractivity contribution in [2.24, 2.45) is 16.6 Å². The van der Waals surface area contributed by atoms with Crippen molar-refractivity contribution in [1.82, 2.24) is 20.1 Å². The molecule has 3 aliphatic heterocycles. The molecule has 0 unspecified atom stereocenters. The molecule has 1 aromatic heterocycles. The number of hydrogen-bond acceptors (Lipinski definition) is 11. The second-order valence-electron chi connectivity index (χ2n) is 15.3. The number of β-amino-alcohol motifs (C(OH)–C–C–N with tert-alkyl or cyclic N) is 1. The lowest BCUT2D eigenvalue weighted by Crippen LogP contribution is -2.49. The first-order valence-corrected chi connectivity index (χ1v) is 23.3. The number of nitrogens with two attached hydrogens (primary N) is 1. The van der Waals surface area contributed by atoms with E-state index in [1.54, 1.807) is 26.2 Å². The molecule has 2 aromatic rings. The Balaban J connectivity index is 0.000000984. The van der Waals surface area contributed by atoms with Gasteiger partial charge in [0.05, 0.1) is 25.8 Å². The van der Waals surface area contributed by atoms with E-state index in [1.165, 1.54) is 23.7 Å². The Kier molecular flexibility index (Phi) is 35.0. The van der Waals surface area contributed by atoms with E-state index in [2.05, 4.69) is 57.4 Å². The summed E-state index contributed by atoms with van der Waals surface area (Å²) in [6.07, 6.45) is 23.9. The van der Waals surface area contributed by atoms with Gasteiger partial charge in [0.15, 0.2) is 6.40 Å². The minimum Gasteiger partial charge on any atom is -0.493 e. The quantitative estimate of drug-likeness (QED) is 0.0815. The number of aliphatic hydroxyl groups excluding tert-OH is 2. The average Bonchev–Trinajstić information content (AvgIpc) is 3.58. The summed E-state index contributed by atoms with van der Waals surface area (Å²) < 4.78 is 49.7. The molecule has 1 aliphatic carbocycles. The number of allylic oxidation sites excluding steroid dienone is 6. The van der Waals surface area contributed by atoms with Gasteiger partial charge in [-0.25, -0.2) is 0 Å². The molecule has 2 atom stereocenters. The van der Waals surface area contributed by atoms with Crippen LogP contribution in [0.4, 0.5) is 13.2 Å². The van der Waals surface area contributed by atoms with Gasteiger partial charge in [-0.05, 0) is 94.9 Å². The fourth-order valence-corrected chi connectivity index (χ4v) is 6.44. The van der Waals surface area contributed by atoms with Crippen LogP contribution in [0.25, 0.3) is 5.76 Å². The topological polar surface area (TPSA) is 172 Å². The maximum atomic E-state index is 11.4. The Hall–Kier alpha value is -5.70. The van der Waals surface area contributed by atoms with Gasteiger partial charge in [0, 0.05) is 73.3 Å². The fraction of sp³-hybridized carbons (Fsp3) is 0.462. The molecule has 0 saturated carbocycles. The van der Waals surface area contributed by atoms with E-state index in [9.17, 15) is 27.9 Å². The third kappa shape index (κ3) is 30.4. The van der Waals surface area contributed by atoms with Gasteiger partial charge in [-0.2, -0.15) is 13.2 Å². The van der Waals surface area contributed by atoms with Crippen molar-refractivity contribution in [3.63, 3.8) is 0 Å². The van der Waals surface area contributed by atoms with Crippen molar-refractivity contribution in [3.8, 4) is 18.6 Å². The Morgan fingerprint density at radius 3 is 2.26 bits per heavy atom. The number of aliphatic imine (C=N–C) groups is 1. The molecule has 69 heavy (non-hydrogen) atoms. The second-order valence-corrected chi connectivity index (χ2v) is 15.7. The van der Waals surface area contributed by atoms with Crippen molar-refractivity contribution in [2.45, 2.75) is 92.0 Å². The van der Waals surface area contributed by atoms with Crippen LogP contribution in [0.2, 0.25) is 0 Å². The summed E-state index contributed by atoms with van der Waals surface area (Å²) in [6.45, 7) is 20.4. The van der Waals surface area contributed by atoms with E-state index >= 15 is 0 Å². The number of carbonyl (C=O) groups excluding carboxylic acids is 2. The van der Waals surface area contributed by atoms with Crippen LogP contribution in [0.1, 0.15) is 78.4 Å². The van der Waals surface area contributed by atoms with Gasteiger partial charge >= 0.3 is 6.18 Å². The maximum Gasteiger partial charge on any atom is 0.405 e. The van der Waals surface area contributed by atoms with Crippen molar-refractivity contribution in [3.05, 3.63) is 125 Å². The lowest BCUT2D eigenvalue weighted by atomic mass is 9.98. The molecule has 2 amide bonds. The standard InChI is InChI=1S/C24H36ClN3O3.C9H8N2O.C9H10O.C3H4F3NO.C3H8O.C2H6.C2H2/c1-4-19(24(26)30)15-22(29)17-28-13-11-27(12-14-28)16-18(3)31-23(5-2)20-7-6-8-21(25)10-9-20;1-2-8(6-10-4-1)9-3-5-11-7-12-9;1-2-6-9-8(4-1)5-3-7-10-9;4-3(5,6)1-7-2-8;1-3(2)4;2*1-2/h5,7-10,19,22,29H,3-4,6,11-17H2,1-2H3,(H2,26,30);1-4,6-7H,5H2;1-2,4,6H,3,5,7H2;2H,1H2,(H,7,8);3-4H,1-2H3;1-2H3;1-2H/b23-5-;;;;;;/t19-,22+;;;;;;/m1....../s1. The van der Waals surface area contributed by atoms with Crippen LogP contribution >= 0.6 is 11.6 Å². The number of terminal acetylenes is 1. The number of aryl methyl sites for hydroxylation is 1. The highest BCUT2D eigenvalue weighted by Gasteiger charge is 2.26. The van der Waals surface area contributed by atoms with Crippen LogP contribution in [-0.2, 0) is 25.5 Å². The number of halogens is 4. The Morgan fingerprint density at radius 1 is 1.06 bits per heavy atom. The number of ether oxygens (including phenoxy) is 3. The lowest BCUT2D eigenvalue weighted by molar-refractivity contribution is -0.132. The zero-order valence-electron chi connectivity index (χ0n) is 41.0. The summed E-state index contributed by atoms with van der Waals surface area (Å²) in [4.78, 5) is 33.1. The normalized spacial score (nSPS) is 16.0. The number of pyridine rings is 1. The molecule has 1 saturated heterocycles. The molecule has 1 fully saturated rings. The highest BCUT2D eigenvalue weighted by molar-refractivity contribution is 6.31. The van der Waals surface area contributed by atoms with E-state index in [0.29, 0.717) is 38.2 Å². The first-order chi connectivity index (χ1) is 33.0. The minimum atomic E-state index is -4.29. The number of benzene rings is 1. The SMILES string of the molecule is C#C.C1=NCC=C(c2cccnc2)O1.C=C(CN1CCN(C[C@@H](O)C[C@@H](CC)C(N)=O)CC1)O/C(=C\C)C1=CCC=C(Cl)C=C1.CC.CC(C)O.O=CNCC(F)(F)F.c1ccc2c(c1)CCCO2. The summed E-state index contributed by atoms with van der Waals surface area (Å²) in [6, 6.07) is 12.1. The smallest absolute Gasteiger partial charge is 0.405 e. The molecule has 0 spiro atoms. The Morgan fingerprint density at radius 2 is 1.72 bits per heavy atom. The summed E-state index contributed by atoms with van der Waals surface area (Å²) >= 11 is 6.07. The number of amides is 2. The van der Waals surface area contributed by atoms with Crippen LogP contribution in [0.5, 0.6) is 5.75 Å². The van der Waals surface area contributed by atoms with Gasteiger partial charge in [0.25, 0.3) is 0 Å². The van der Waals surface area contributed by atoms with Crippen molar-refractivity contribution in [2.75, 3.05) is 59.0 Å². The molecule has 13 nitrogen and oxygen atoms in total. The highest BCUT2D eigenvalue weighted by Crippen LogP contribution is 2.24. The number of hydrogen-bond donors (Lipinski definition) is 4. The largest absolute Gasteiger partial charge is 0.493 e. The lowest BCUT2D eigenvalue weighted by Gasteiger charge is -2.36. The number of fused-ring (bicyclic) bond motifs is 1. The van der Waals surface area contributed by atoms with Crippen molar-refractivity contribution < 1.29 is 47.2 Å². The van der Waals surface area contributed by atoms with Gasteiger partial charge in [-0.15, -0.1) is 12.8 Å². The van der Waals surface area contributed by atoms with E-state index in [-0.39, 0.29) is 24.3 Å².